The molecule has 0 radical (unpaired) electrons. The van der Waals surface area contributed by atoms with Crippen LogP contribution in [-0.4, -0.2) is 49.5 Å². The molecule has 1 aromatic rings. The normalized spacial score (nSPS) is 16.4. The van der Waals surface area contributed by atoms with Crippen molar-refractivity contribution in [2.75, 3.05) is 13.7 Å². The van der Waals surface area contributed by atoms with Crippen LogP contribution in [0.1, 0.15) is 32.3 Å². The Bertz CT molecular complexity index is 836. The SMILES string of the molecule is CCCOc1cccc(C(C)(CC(F)(F)C(F)(F)C(F)(F)C(F)(F)C(F)(F)C(F)(F)F)OC)c1. The highest BCUT2D eigenvalue weighted by atomic mass is 19.4. The Morgan fingerprint density at radius 1 is 0.735 bits per heavy atom. The van der Waals surface area contributed by atoms with Crippen LogP contribution < -0.4 is 4.74 Å². The lowest BCUT2D eigenvalue weighted by Gasteiger charge is -2.42. The molecule has 0 aliphatic heterocycles. The van der Waals surface area contributed by atoms with Gasteiger partial charge >= 0.3 is 35.8 Å². The Morgan fingerprint density at radius 3 is 1.68 bits per heavy atom. The first-order valence-electron chi connectivity index (χ1n) is 9.30. The molecule has 0 spiro atoms. The highest BCUT2D eigenvalue weighted by Gasteiger charge is 2.90. The van der Waals surface area contributed by atoms with Crippen LogP contribution in [0.2, 0.25) is 0 Å². The third-order valence-electron chi connectivity index (χ3n) is 4.93. The zero-order valence-corrected chi connectivity index (χ0v) is 17.7. The molecule has 198 valence electrons. The van der Waals surface area contributed by atoms with Gasteiger partial charge in [-0.05, 0) is 31.0 Å². The first kappa shape index (κ1) is 30.1. The second kappa shape index (κ2) is 9.26. The predicted octanol–water partition coefficient (Wildman–Crippen LogP) is 7.47. The van der Waals surface area contributed by atoms with Crippen molar-refractivity contribution in [3.05, 3.63) is 29.8 Å². The maximum absolute atomic E-state index is 14.4. The predicted molar refractivity (Wildman–Crippen MR) is 92.0 cm³/mol. The van der Waals surface area contributed by atoms with E-state index >= 15 is 0 Å². The topological polar surface area (TPSA) is 18.5 Å². The maximum Gasteiger partial charge on any atom is 0.460 e. The fraction of sp³-hybridized carbons (Fsp3) is 0.684. The molecule has 2 nitrogen and oxygen atoms in total. The molecule has 0 aromatic heterocycles. The van der Waals surface area contributed by atoms with E-state index in [1.165, 1.54) is 12.1 Å². The van der Waals surface area contributed by atoms with Crippen molar-refractivity contribution in [2.45, 2.75) is 68.1 Å². The quantitative estimate of drug-likeness (QED) is 0.279. The monoisotopic (exact) mass is 526 g/mol. The smallest absolute Gasteiger partial charge is 0.460 e. The Labute approximate surface area is 185 Å². The third kappa shape index (κ3) is 4.89. The van der Waals surface area contributed by atoms with Gasteiger partial charge < -0.3 is 9.47 Å². The fourth-order valence-electron chi connectivity index (χ4n) is 2.76. The van der Waals surface area contributed by atoms with E-state index in [2.05, 4.69) is 0 Å². The molecule has 0 bridgehead atoms. The van der Waals surface area contributed by atoms with E-state index in [-0.39, 0.29) is 12.4 Å². The minimum Gasteiger partial charge on any atom is -0.494 e. The number of methoxy groups -OCH3 is 1. The van der Waals surface area contributed by atoms with E-state index < -0.39 is 53.4 Å². The average Bonchev–Trinajstić information content (AvgIpc) is 2.70. The van der Waals surface area contributed by atoms with Gasteiger partial charge in [-0.2, -0.15) is 57.1 Å². The summed E-state index contributed by atoms with van der Waals surface area (Å²) in [6.07, 6.45) is -9.48. The number of benzene rings is 1. The van der Waals surface area contributed by atoms with E-state index in [0.717, 1.165) is 12.1 Å². The summed E-state index contributed by atoms with van der Waals surface area (Å²) in [5, 5.41) is 0. The Kier molecular flexibility index (Phi) is 8.20. The molecular formula is C19H19F13O2. The van der Waals surface area contributed by atoms with Crippen molar-refractivity contribution in [1.29, 1.82) is 0 Å². The Hall–Kier alpha value is -1.93. The lowest BCUT2D eigenvalue weighted by Crippen LogP contribution is -2.70. The zero-order chi connectivity index (χ0) is 27.0. The highest BCUT2D eigenvalue weighted by Crippen LogP contribution is 2.61. The zero-order valence-electron chi connectivity index (χ0n) is 17.7. The summed E-state index contributed by atoms with van der Waals surface area (Å²) >= 11 is 0. The number of ether oxygens (including phenoxy) is 2. The summed E-state index contributed by atoms with van der Waals surface area (Å²) in [7, 11) is 0.665. The van der Waals surface area contributed by atoms with Gasteiger partial charge in [-0.25, -0.2) is 0 Å². The summed E-state index contributed by atoms with van der Waals surface area (Å²) < 4.78 is 184. The van der Waals surface area contributed by atoms with Crippen LogP contribution in [0.3, 0.4) is 0 Å². The van der Waals surface area contributed by atoms with Gasteiger partial charge in [0.05, 0.1) is 18.6 Å². The van der Waals surface area contributed by atoms with E-state index in [1.807, 2.05) is 0 Å². The van der Waals surface area contributed by atoms with Crippen LogP contribution in [0.4, 0.5) is 57.1 Å². The summed E-state index contributed by atoms with van der Waals surface area (Å²) in [6, 6.07) is 4.45. The largest absolute Gasteiger partial charge is 0.494 e. The number of halogens is 13. The molecule has 1 aromatic carbocycles. The summed E-state index contributed by atoms with van der Waals surface area (Å²) in [4.78, 5) is 0. The summed E-state index contributed by atoms with van der Waals surface area (Å²) in [5.41, 5.74) is -3.02. The molecule has 0 saturated carbocycles. The number of hydrogen-bond donors (Lipinski definition) is 0. The molecule has 0 aliphatic rings. The van der Waals surface area contributed by atoms with Crippen molar-refractivity contribution >= 4 is 0 Å². The van der Waals surface area contributed by atoms with Crippen molar-refractivity contribution in [3.63, 3.8) is 0 Å². The maximum atomic E-state index is 14.4. The van der Waals surface area contributed by atoms with Gasteiger partial charge in [0.25, 0.3) is 0 Å². The molecule has 0 heterocycles. The lowest BCUT2D eigenvalue weighted by atomic mass is 9.84. The molecule has 0 N–H and O–H groups in total. The standard InChI is InChI=1S/C19H19F13O2/c1-4-8-34-12-7-5-6-11(9-12)13(2,33-3)10-14(20,21)15(22,23)16(24,25)17(26,27)18(28,29)19(30,31)32/h5-7,9H,4,8,10H2,1-3H3. The molecule has 0 aliphatic carbocycles. The number of hydrogen-bond acceptors (Lipinski definition) is 2. The van der Waals surface area contributed by atoms with Gasteiger partial charge in [0, 0.05) is 7.11 Å². The van der Waals surface area contributed by atoms with Gasteiger partial charge in [0.2, 0.25) is 0 Å². The first-order valence-corrected chi connectivity index (χ1v) is 9.30. The molecule has 15 heteroatoms. The second-order valence-corrected chi connectivity index (χ2v) is 7.49. The third-order valence-corrected chi connectivity index (χ3v) is 4.93. The van der Waals surface area contributed by atoms with Crippen LogP contribution in [0.25, 0.3) is 0 Å². The molecular weight excluding hydrogens is 507 g/mol. The van der Waals surface area contributed by atoms with E-state index in [4.69, 9.17) is 9.47 Å². The van der Waals surface area contributed by atoms with Crippen molar-refractivity contribution in [1.82, 2.24) is 0 Å². The van der Waals surface area contributed by atoms with Crippen LogP contribution in [0.15, 0.2) is 24.3 Å². The number of rotatable bonds is 11. The molecule has 1 atom stereocenters. The van der Waals surface area contributed by atoms with Crippen LogP contribution >= 0.6 is 0 Å². The van der Waals surface area contributed by atoms with Gasteiger partial charge in [-0.3, -0.25) is 0 Å². The highest BCUT2D eigenvalue weighted by molar-refractivity contribution is 5.33. The molecule has 1 rings (SSSR count). The molecule has 0 amide bonds. The second-order valence-electron chi connectivity index (χ2n) is 7.49. The minimum atomic E-state index is -7.94. The van der Waals surface area contributed by atoms with Crippen LogP contribution in [-0.2, 0) is 10.3 Å². The summed E-state index contributed by atoms with van der Waals surface area (Å²) in [5.74, 6) is -37.2. The van der Waals surface area contributed by atoms with Crippen LogP contribution in [0, 0.1) is 0 Å². The van der Waals surface area contributed by atoms with Crippen molar-refractivity contribution in [2.24, 2.45) is 0 Å². The van der Waals surface area contributed by atoms with Crippen molar-refractivity contribution < 1.29 is 66.5 Å². The average molecular weight is 526 g/mol. The summed E-state index contributed by atoms with van der Waals surface area (Å²) in [6.45, 7) is 2.48. The Morgan fingerprint density at radius 2 is 1.24 bits per heavy atom. The fourth-order valence-corrected chi connectivity index (χ4v) is 2.76. The lowest BCUT2D eigenvalue weighted by molar-refractivity contribution is -0.441. The molecule has 0 saturated heterocycles. The first-order chi connectivity index (χ1) is 15.1. The number of alkyl halides is 13. The Balaban J connectivity index is 3.48. The minimum absolute atomic E-state index is 0.000570. The molecule has 34 heavy (non-hydrogen) atoms. The van der Waals surface area contributed by atoms with E-state index in [9.17, 15) is 57.1 Å². The van der Waals surface area contributed by atoms with Gasteiger partial charge in [-0.1, -0.05) is 19.1 Å². The van der Waals surface area contributed by atoms with E-state index in [0.29, 0.717) is 20.5 Å². The van der Waals surface area contributed by atoms with Gasteiger partial charge in [-0.15, -0.1) is 0 Å². The van der Waals surface area contributed by atoms with E-state index in [1.54, 1.807) is 6.92 Å². The molecule has 1 unspecified atom stereocenters. The van der Waals surface area contributed by atoms with Gasteiger partial charge in [0.15, 0.2) is 0 Å². The van der Waals surface area contributed by atoms with Crippen LogP contribution in [0.5, 0.6) is 5.75 Å². The van der Waals surface area contributed by atoms with Gasteiger partial charge in [0.1, 0.15) is 5.75 Å². The molecule has 0 fully saturated rings. The van der Waals surface area contributed by atoms with Crippen molar-refractivity contribution in [3.8, 4) is 5.75 Å².